The predicted molar refractivity (Wildman–Crippen MR) is 86.2 cm³/mol. The lowest BCUT2D eigenvalue weighted by atomic mass is 9.99. The van der Waals surface area contributed by atoms with E-state index in [1.807, 2.05) is 13.0 Å². The molecule has 3 heterocycles. The van der Waals surface area contributed by atoms with Crippen LogP contribution in [-0.4, -0.2) is 29.5 Å². The summed E-state index contributed by atoms with van der Waals surface area (Å²) in [6.07, 6.45) is 1.03. The first kappa shape index (κ1) is 13.6. The van der Waals surface area contributed by atoms with Gasteiger partial charge in [-0.1, -0.05) is 18.2 Å². The summed E-state index contributed by atoms with van der Waals surface area (Å²) < 4.78 is 7.81. The van der Waals surface area contributed by atoms with Crippen LogP contribution in [0.5, 0.6) is 5.75 Å². The van der Waals surface area contributed by atoms with E-state index in [-0.39, 0.29) is 0 Å². The number of nitrogens with one attached hydrogen (secondary N) is 2. The molecule has 2 aliphatic heterocycles. The highest BCUT2D eigenvalue weighted by atomic mass is 16.5. The molecule has 2 atom stereocenters. The number of rotatable bonds is 3. The molecule has 22 heavy (non-hydrogen) atoms. The van der Waals surface area contributed by atoms with Gasteiger partial charge in [0.25, 0.3) is 0 Å². The Kier molecular flexibility index (Phi) is 3.50. The lowest BCUT2D eigenvalue weighted by molar-refractivity contribution is 0.245. The first-order chi connectivity index (χ1) is 10.8. The van der Waals surface area contributed by atoms with Gasteiger partial charge in [0.05, 0.1) is 12.3 Å². The van der Waals surface area contributed by atoms with Crippen molar-refractivity contribution in [2.45, 2.75) is 25.9 Å². The lowest BCUT2D eigenvalue weighted by Crippen LogP contribution is -2.37. The summed E-state index contributed by atoms with van der Waals surface area (Å²) in [5.41, 5.74) is 2.36. The molecule has 0 amide bonds. The fraction of sp³-hybridized carbons (Fsp3) is 0.471. The van der Waals surface area contributed by atoms with Crippen LogP contribution in [0.15, 0.2) is 30.3 Å². The van der Waals surface area contributed by atoms with E-state index in [1.165, 1.54) is 5.56 Å². The Bertz CT molecular complexity index is 666. The van der Waals surface area contributed by atoms with Crippen LogP contribution < -0.4 is 15.4 Å². The number of fused-ring (bicyclic) bond motifs is 2. The van der Waals surface area contributed by atoms with Gasteiger partial charge in [-0.2, -0.15) is 5.10 Å². The molecule has 0 radical (unpaired) electrons. The van der Waals surface area contributed by atoms with Crippen molar-refractivity contribution in [1.82, 2.24) is 15.1 Å². The Morgan fingerprint density at radius 1 is 1.41 bits per heavy atom. The third-order valence-electron chi connectivity index (χ3n) is 4.52. The third kappa shape index (κ3) is 2.57. The smallest absolute Gasteiger partial charge is 0.124 e. The van der Waals surface area contributed by atoms with Crippen molar-refractivity contribution < 1.29 is 4.74 Å². The average molecular weight is 298 g/mol. The Labute approximate surface area is 130 Å². The molecule has 0 aliphatic carbocycles. The largest absolute Gasteiger partial charge is 0.493 e. The molecule has 2 aromatic rings. The summed E-state index contributed by atoms with van der Waals surface area (Å²) in [6, 6.07) is 10.9. The van der Waals surface area contributed by atoms with Gasteiger partial charge in [0.2, 0.25) is 0 Å². The standard InChI is InChI=1S/C17H22N4O/c1-12-8-17-19-10-13(11-21(17)20-12)9-18-15-6-7-22-16-5-3-2-4-14(15)16/h2-5,8,13,15,18-19H,6-7,9-11H2,1H3/t13-,15-/m0/s1. The van der Waals surface area contributed by atoms with Crippen molar-refractivity contribution in [2.24, 2.45) is 5.92 Å². The van der Waals surface area contributed by atoms with Gasteiger partial charge in [0.15, 0.2) is 0 Å². The Balaban J connectivity index is 1.40. The summed E-state index contributed by atoms with van der Waals surface area (Å²) in [5, 5.41) is 11.7. The van der Waals surface area contributed by atoms with E-state index in [9.17, 15) is 0 Å². The maximum atomic E-state index is 5.73. The molecule has 116 valence electrons. The zero-order chi connectivity index (χ0) is 14.9. The fourth-order valence-electron chi connectivity index (χ4n) is 3.38. The minimum Gasteiger partial charge on any atom is -0.493 e. The number of hydrogen-bond acceptors (Lipinski definition) is 4. The number of anilines is 1. The zero-order valence-electron chi connectivity index (χ0n) is 12.9. The third-order valence-corrected chi connectivity index (χ3v) is 4.52. The molecule has 0 fully saturated rings. The Morgan fingerprint density at radius 3 is 3.27 bits per heavy atom. The molecule has 0 saturated carbocycles. The highest BCUT2D eigenvalue weighted by Crippen LogP contribution is 2.31. The van der Waals surface area contributed by atoms with Gasteiger partial charge in [-0.3, -0.25) is 0 Å². The number of hydrogen-bond donors (Lipinski definition) is 2. The first-order valence-corrected chi connectivity index (χ1v) is 8.03. The van der Waals surface area contributed by atoms with E-state index in [2.05, 4.69) is 44.7 Å². The van der Waals surface area contributed by atoms with Gasteiger partial charge in [-0.25, -0.2) is 4.68 Å². The quantitative estimate of drug-likeness (QED) is 0.913. The number of benzene rings is 1. The van der Waals surface area contributed by atoms with Gasteiger partial charge >= 0.3 is 0 Å². The second kappa shape index (κ2) is 5.65. The molecule has 5 nitrogen and oxygen atoms in total. The molecule has 1 aromatic carbocycles. The van der Waals surface area contributed by atoms with E-state index in [0.29, 0.717) is 12.0 Å². The molecule has 5 heteroatoms. The van der Waals surface area contributed by atoms with Crippen LogP contribution in [0.3, 0.4) is 0 Å². The highest BCUT2D eigenvalue weighted by molar-refractivity contribution is 5.39. The molecule has 0 unspecified atom stereocenters. The van der Waals surface area contributed by atoms with Gasteiger partial charge < -0.3 is 15.4 Å². The molecule has 2 aliphatic rings. The summed E-state index contributed by atoms with van der Waals surface area (Å²) in [5.74, 6) is 2.73. The molecular formula is C17H22N4O. The molecule has 0 saturated heterocycles. The van der Waals surface area contributed by atoms with Crippen molar-refractivity contribution in [3.63, 3.8) is 0 Å². The van der Waals surface area contributed by atoms with Crippen LogP contribution in [0.2, 0.25) is 0 Å². The maximum absolute atomic E-state index is 5.73. The SMILES string of the molecule is Cc1cc2n(n1)C[C@@H](CN[C@H]1CCOc3ccccc31)CN2. The monoisotopic (exact) mass is 298 g/mol. The zero-order valence-corrected chi connectivity index (χ0v) is 12.9. The summed E-state index contributed by atoms with van der Waals surface area (Å²) in [7, 11) is 0. The molecule has 2 N–H and O–H groups in total. The molecule has 0 bridgehead atoms. The summed E-state index contributed by atoms with van der Waals surface area (Å²) >= 11 is 0. The van der Waals surface area contributed by atoms with E-state index in [1.54, 1.807) is 0 Å². The van der Waals surface area contributed by atoms with Gasteiger partial charge in [0.1, 0.15) is 11.6 Å². The Hall–Kier alpha value is -2.01. The van der Waals surface area contributed by atoms with Crippen LogP contribution in [0, 0.1) is 12.8 Å². The van der Waals surface area contributed by atoms with Gasteiger partial charge in [-0.15, -0.1) is 0 Å². The second-order valence-corrected chi connectivity index (χ2v) is 6.24. The number of aromatic nitrogens is 2. The topological polar surface area (TPSA) is 51.1 Å². The minimum absolute atomic E-state index is 0.394. The normalized spacial score (nSPS) is 23.1. The van der Waals surface area contributed by atoms with Crippen LogP contribution >= 0.6 is 0 Å². The number of nitrogens with zero attached hydrogens (tertiary/aromatic N) is 2. The molecule has 0 spiro atoms. The van der Waals surface area contributed by atoms with Gasteiger partial charge in [0, 0.05) is 49.6 Å². The number of ether oxygens (including phenoxy) is 1. The highest BCUT2D eigenvalue weighted by Gasteiger charge is 2.24. The molecular weight excluding hydrogens is 276 g/mol. The summed E-state index contributed by atoms with van der Waals surface area (Å²) in [4.78, 5) is 0. The number of para-hydroxylation sites is 1. The Morgan fingerprint density at radius 2 is 2.32 bits per heavy atom. The van der Waals surface area contributed by atoms with Crippen molar-refractivity contribution in [1.29, 1.82) is 0 Å². The average Bonchev–Trinajstić information content (AvgIpc) is 2.92. The molecule has 1 aromatic heterocycles. The van der Waals surface area contributed by atoms with Crippen LogP contribution in [0.25, 0.3) is 0 Å². The van der Waals surface area contributed by atoms with E-state index in [0.717, 1.165) is 49.9 Å². The van der Waals surface area contributed by atoms with Crippen molar-refractivity contribution >= 4 is 5.82 Å². The van der Waals surface area contributed by atoms with E-state index in [4.69, 9.17) is 4.74 Å². The van der Waals surface area contributed by atoms with Crippen molar-refractivity contribution in [2.75, 3.05) is 25.0 Å². The van der Waals surface area contributed by atoms with Crippen LogP contribution in [0.1, 0.15) is 23.7 Å². The summed E-state index contributed by atoms with van der Waals surface area (Å²) in [6.45, 7) is 5.81. The van der Waals surface area contributed by atoms with Crippen LogP contribution in [0.4, 0.5) is 5.82 Å². The fourth-order valence-corrected chi connectivity index (χ4v) is 3.38. The van der Waals surface area contributed by atoms with Gasteiger partial charge in [-0.05, 0) is 13.0 Å². The molecule has 4 rings (SSSR count). The predicted octanol–water partition coefficient (Wildman–Crippen LogP) is 2.35. The number of aryl methyl sites for hydroxylation is 1. The van der Waals surface area contributed by atoms with E-state index < -0.39 is 0 Å². The van der Waals surface area contributed by atoms with Crippen LogP contribution in [-0.2, 0) is 6.54 Å². The van der Waals surface area contributed by atoms with E-state index >= 15 is 0 Å². The van der Waals surface area contributed by atoms with Crippen molar-refractivity contribution in [3.05, 3.63) is 41.6 Å². The minimum atomic E-state index is 0.394. The van der Waals surface area contributed by atoms with Crippen molar-refractivity contribution in [3.8, 4) is 5.75 Å². The maximum Gasteiger partial charge on any atom is 0.124 e. The second-order valence-electron chi connectivity index (χ2n) is 6.24. The first-order valence-electron chi connectivity index (χ1n) is 8.03. The lowest BCUT2D eigenvalue weighted by Gasteiger charge is -2.30.